The summed E-state index contributed by atoms with van der Waals surface area (Å²) in [6.45, 7) is 10.5. The number of aryl methyl sites for hydroxylation is 1. The summed E-state index contributed by atoms with van der Waals surface area (Å²) in [6, 6.07) is 1.86. The molecule has 1 fully saturated rings. The number of aliphatic hydroxyl groups excluding tert-OH is 1. The molecule has 1 aromatic heterocycles. The van der Waals surface area contributed by atoms with Crippen LogP contribution in [0.3, 0.4) is 0 Å². The van der Waals surface area contributed by atoms with Crippen molar-refractivity contribution in [2.24, 2.45) is 0 Å². The summed E-state index contributed by atoms with van der Waals surface area (Å²) < 4.78 is 11.1. The summed E-state index contributed by atoms with van der Waals surface area (Å²) in [5.74, 6) is 1.06. The predicted octanol–water partition coefficient (Wildman–Crippen LogP) is 1.52. The average Bonchev–Trinajstić information content (AvgIpc) is 2.84. The molecule has 1 aliphatic rings. The lowest BCUT2D eigenvalue weighted by molar-refractivity contribution is 0.0525. The van der Waals surface area contributed by atoms with Crippen LogP contribution in [0, 0.1) is 0 Å². The molecule has 0 bridgehead atoms. The Kier molecular flexibility index (Phi) is 6.62. The molecule has 1 atom stereocenters. The van der Waals surface area contributed by atoms with Crippen molar-refractivity contribution in [1.29, 1.82) is 0 Å². The Morgan fingerprint density at radius 2 is 2.13 bits per heavy atom. The summed E-state index contributed by atoms with van der Waals surface area (Å²) in [6.07, 6.45) is 0.118. The molecule has 0 aliphatic carbocycles. The van der Waals surface area contributed by atoms with Crippen LogP contribution in [0.1, 0.15) is 42.6 Å². The zero-order valence-electron chi connectivity index (χ0n) is 14.4. The van der Waals surface area contributed by atoms with E-state index in [4.69, 9.17) is 9.15 Å². The Labute approximate surface area is 138 Å². The molecule has 2 rings (SSSR count). The molecule has 1 amide bonds. The van der Waals surface area contributed by atoms with Crippen LogP contribution in [0.15, 0.2) is 10.5 Å². The van der Waals surface area contributed by atoms with Crippen molar-refractivity contribution in [2.75, 3.05) is 39.4 Å². The van der Waals surface area contributed by atoms with Gasteiger partial charge in [-0.05, 0) is 19.2 Å². The highest BCUT2D eigenvalue weighted by atomic mass is 16.5. The van der Waals surface area contributed by atoms with Crippen LogP contribution in [0.4, 0.5) is 0 Å². The van der Waals surface area contributed by atoms with Gasteiger partial charge in [0, 0.05) is 31.6 Å². The lowest BCUT2D eigenvalue weighted by Gasteiger charge is -2.19. The van der Waals surface area contributed by atoms with Gasteiger partial charge in [-0.3, -0.25) is 9.69 Å². The molecule has 6 heteroatoms. The summed E-state index contributed by atoms with van der Waals surface area (Å²) in [5, 5.41) is 9.79. The van der Waals surface area contributed by atoms with E-state index in [1.54, 1.807) is 4.90 Å². The Hall–Kier alpha value is -1.37. The van der Waals surface area contributed by atoms with Crippen molar-refractivity contribution in [2.45, 2.75) is 39.8 Å². The monoisotopic (exact) mass is 324 g/mol. The first-order valence-electron chi connectivity index (χ1n) is 8.47. The summed E-state index contributed by atoms with van der Waals surface area (Å²) in [5.41, 5.74) is 1.08. The molecule has 0 spiro atoms. The maximum atomic E-state index is 12.7. The van der Waals surface area contributed by atoms with Gasteiger partial charge in [-0.1, -0.05) is 20.8 Å². The second-order valence-electron chi connectivity index (χ2n) is 5.85. The van der Waals surface area contributed by atoms with Gasteiger partial charge in [0.15, 0.2) is 5.76 Å². The van der Waals surface area contributed by atoms with Crippen molar-refractivity contribution in [3.8, 4) is 0 Å². The topological polar surface area (TPSA) is 66.2 Å². The largest absolute Gasteiger partial charge is 0.456 e. The molecule has 0 aromatic carbocycles. The van der Waals surface area contributed by atoms with Crippen molar-refractivity contribution in [1.82, 2.24) is 9.80 Å². The minimum atomic E-state index is -0.641. The summed E-state index contributed by atoms with van der Waals surface area (Å²) in [4.78, 5) is 16.6. The fourth-order valence-electron chi connectivity index (χ4n) is 2.83. The smallest absolute Gasteiger partial charge is 0.289 e. The van der Waals surface area contributed by atoms with Crippen molar-refractivity contribution >= 4 is 5.91 Å². The third kappa shape index (κ3) is 4.56. The van der Waals surface area contributed by atoms with Gasteiger partial charge >= 0.3 is 0 Å². The van der Waals surface area contributed by atoms with Crippen LogP contribution in [-0.2, 0) is 17.7 Å². The lowest BCUT2D eigenvalue weighted by Crippen LogP contribution is -2.37. The first-order valence-corrected chi connectivity index (χ1v) is 8.47. The molecule has 0 radical (unpaired) electrons. The number of hydrogen-bond acceptors (Lipinski definition) is 5. The number of carbonyl (C=O) groups excluding carboxylic acids is 1. The fourth-order valence-corrected chi connectivity index (χ4v) is 2.83. The number of amides is 1. The maximum absolute atomic E-state index is 12.7. The van der Waals surface area contributed by atoms with E-state index in [-0.39, 0.29) is 19.1 Å². The van der Waals surface area contributed by atoms with Gasteiger partial charge < -0.3 is 19.2 Å². The lowest BCUT2D eigenvalue weighted by atomic mass is 10.2. The second-order valence-corrected chi connectivity index (χ2v) is 5.85. The van der Waals surface area contributed by atoms with E-state index in [1.807, 2.05) is 13.0 Å². The number of carbonyl (C=O) groups is 1. The highest BCUT2D eigenvalue weighted by Crippen LogP contribution is 2.20. The van der Waals surface area contributed by atoms with E-state index in [0.29, 0.717) is 18.9 Å². The quantitative estimate of drug-likeness (QED) is 0.859. The Morgan fingerprint density at radius 3 is 2.78 bits per heavy atom. The predicted molar refractivity (Wildman–Crippen MR) is 87.4 cm³/mol. The van der Waals surface area contributed by atoms with E-state index in [0.717, 1.165) is 37.4 Å². The van der Waals surface area contributed by atoms with E-state index in [2.05, 4.69) is 18.7 Å². The second kappa shape index (κ2) is 8.47. The molecule has 1 aromatic rings. The number of furan rings is 1. The zero-order chi connectivity index (χ0) is 16.8. The molecule has 0 saturated carbocycles. The number of aliphatic hydroxyl groups is 1. The van der Waals surface area contributed by atoms with Gasteiger partial charge in [-0.15, -0.1) is 0 Å². The molecular weight excluding hydrogens is 296 g/mol. The minimum absolute atomic E-state index is 0.171. The summed E-state index contributed by atoms with van der Waals surface area (Å²) in [7, 11) is 0. The van der Waals surface area contributed by atoms with Crippen LogP contribution in [0.2, 0.25) is 0 Å². The van der Waals surface area contributed by atoms with Gasteiger partial charge in [0.2, 0.25) is 0 Å². The highest BCUT2D eigenvalue weighted by molar-refractivity contribution is 5.91. The molecule has 130 valence electrons. The van der Waals surface area contributed by atoms with Crippen LogP contribution in [0.25, 0.3) is 0 Å². The van der Waals surface area contributed by atoms with Crippen molar-refractivity contribution < 1.29 is 19.1 Å². The first kappa shape index (κ1) is 18.0. The molecular formula is C17H28N2O4. The molecule has 23 heavy (non-hydrogen) atoms. The molecule has 2 heterocycles. The van der Waals surface area contributed by atoms with E-state index >= 15 is 0 Å². The third-order valence-electron chi connectivity index (χ3n) is 4.25. The third-order valence-corrected chi connectivity index (χ3v) is 4.25. The maximum Gasteiger partial charge on any atom is 0.289 e. The van der Waals surface area contributed by atoms with Gasteiger partial charge in [-0.2, -0.15) is 0 Å². The van der Waals surface area contributed by atoms with Crippen molar-refractivity contribution in [3.63, 3.8) is 0 Å². The molecule has 6 nitrogen and oxygen atoms in total. The molecule has 1 saturated heterocycles. The number of nitrogens with zero attached hydrogens (tertiary/aromatic N) is 2. The van der Waals surface area contributed by atoms with E-state index < -0.39 is 6.10 Å². The number of hydrogen-bond donors (Lipinski definition) is 1. The average molecular weight is 324 g/mol. The summed E-state index contributed by atoms with van der Waals surface area (Å²) >= 11 is 0. The van der Waals surface area contributed by atoms with Gasteiger partial charge in [0.25, 0.3) is 5.91 Å². The standard InChI is InChI=1S/C17H28N2O4/c1-4-15-13(10-18(5-2)6-3)9-16(23-15)17(21)19-7-8-22-12-14(20)11-19/h9,14,20H,4-8,10-12H2,1-3H3. The van der Waals surface area contributed by atoms with Gasteiger partial charge in [0.05, 0.1) is 19.3 Å². The Balaban J connectivity index is 2.15. The normalized spacial score (nSPS) is 19.2. The van der Waals surface area contributed by atoms with Crippen molar-refractivity contribution in [3.05, 3.63) is 23.2 Å². The highest BCUT2D eigenvalue weighted by Gasteiger charge is 2.25. The van der Waals surface area contributed by atoms with Crippen LogP contribution < -0.4 is 0 Å². The number of ether oxygens (including phenoxy) is 1. The van der Waals surface area contributed by atoms with E-state index in [1.165, 1.54) is 0 Å². The van der Waals surface area contributed by atoms with Crippen LogP contribution in [-0.4, -0.2) is 66.3 Å². The van der Waals surface area contributed by atoms with E-state index in [9.17, 15) is 9.90 Å². The van der Waals surface area contributed by atoms with Crippen LogP contribution in [0.5, 0.6) is 0 Å². The number of β-amino-alcohol motifs (C(OH)–C–C–N with tert-alkyl or cyclic N) is 1. The SMILES string of the molecule is CCc1oc(C(=O)N2CCOCC(O)C2)cc1CN(CC)CC. The molecule has 1 N–H and O–H groups in total. The molecule has 1 unspecified atom stereocenters. The Bertz CT molecular complexity index is 511. The van der Waals surface area contributed by atoms with Crippen LogP contribution >= 0.6 is 0 Å². The Morgan fingerprint density at radius 1 is 1.39 bits per heavy atom. The fraction of sp³-hybridized carbons (Fsp3) is 0.706. The zero-order valence-corrected chi connectivity index (χ0v) is 14.4. The molecule has 1 aliphatic heterocycles. The minimum Gasteiger partial charge on any atom is -0.456 e. The first-order chi connectivity index (χ1) is 11.1. The van der Waals surface area contributed by atoms with Gasteiger partial charge in [0.1, 0.15) is 5.76 Å². The number of rotatable bonds is 6. The van der Waals surface area contributed by atoms with Gasteiger partial charge in [-0.25, -0.2) is 0 Å².